The summed E-state index contributed by atoms with van der Waals surface area (Å²) in [5.41, 5.74) is 13.7. The van der Waals surface area contributed by atoms with E-state index in [-0.39, 0.29) is 61.3 Å². The van der Waals surface area contributed by atoms with Crippen molar-refractivity contribution in [2.75, 3.05) is 13.1 Å². The molecular formula is C43H51N4O7+. The number of phenols is 2. The van der Waals surface area contributed by atoms with Crippen molar-refractivity contribution in [3.63, 3.8) is 0 Å². The van der Waals surface area contributed by atoms with Gasteiger partial charge in [-0.3, -0.25) is 20.0 Å². The molecule has 3 aromatic rings. The third-order valence-electron chi connectivity index (χ3n) is 10.3. The Hall–Kier alpha value is -4.80. The second-order valence-electron chi connectivity index (χ2n) is 14.4. The van der Waals surface area contributed by atoms with E-state index in [0.29, 0.717) is 37.1 Å². The van der Waals surface area contributed by atoms with Gasteiger partial charge >= 0.3 is 0 Å². The number of ketones is 1. The molecule has 3 heterocycles. The van der Waals surface area contributed by atoms with E-state index >= 15 is 0 Å². The van der Waals surface area contributed by atoms with Crippen LogP contribution in [0.5, 0.6) is 17.2 Å². The number of carbonyl (C=O) groups excluding carboxylic acids is 1. The molecule has 0 amide bonds. The minimum Gasteiger partial charge on any atom is -0.508 e. The smallest absolute Gasteiger partial charge is 0.247 e. The van der Waals surface area contributed by atoms with Crippen molar-refractivity contribution in [1.82, 2.24) is 5.32 Å². The lowest BCUT2D eigenvalue weighted by atomic mass is 9.92. The van der Waals surface area contributed by atoms with Gasteiger partial charge in [-0.05, 0) is 71.6 Å². The average molecular weight is 736 g/mol. The summed E-state index contributed by atoms with van der Waals surface area (Å²) in [6, 6.07) is 18.8. The molecule has 54 heavy (non-hydrogen) atoms. The zero-order valence-electron chi connectivity index (χ0n) is 30.7. The van der Waals surface area contributed by atoms with Gasteiger partial charge in [-0.1, -0.05) is 73.7 Å². The van der Waals surface area contributed by atoms with Crippen LogP contribution in [0.2, 0.25) is 0 Å². The van der Waals surface area contributed by atoms with E-state index in [4.69, 9.17) is 15.5 Å². The Morgan fingerprint density at radius 2 is 1.89 bits per heavy atom. The largest absolute Gasteiger partial charge is 0.508 e. The molecule has 3 aliphatic heterocycles. The van der Waals surface area contributed by atoms with E-state index in [9.17, 15) is 30.3 Å². The fourth-order valence-corrected chi connectivity index (χ4v) is 7.27. The number of rotatable bonds is 16. The molecule has 6 atom stereocenters. The highest BCUT2D eigenvalue weighted by molar-refractivity contribution is 5.87. The fraction of sp³-hybridized carbons (Fsp3) is 0.395. The highest BCUT2D eigenvalue weighted by Crippen LogP contribution is 2.35. The van der Waals surface area contributed by atoms with Crippen molar-refractivity contribution < 1.29 is 40.0 Å². The number of aryl methyl sites for hydroxylation is 1. The first-order valence-corrected chi connectivity index (χ1v) is 18.8. The number of ether oxygens (including phenoxy) is 1. The summed E-state index contributed by atoms with van der Waals surface area (Å²) in [6.07, 6.45) is 3.44. The van der Waals surface area contributed by atoms with Gasteiger partial charge in [0.2, 0.25) is 6.23 Å². The van der Waals surface area contributed by atoms with E-state index in [1.54, 1.807) is 0 Å². The van der Waals surface area contributed by atoms with Crippen molar-refractivity contribution in [2.24, 2.45) is 10.7 Å². The van der Waals surface area contributed by atoms with E-state index in [1.165, 1.54) is 17.7 Å². The maximum atomic E-state index is 12.6. The predicted molar refractivity (Wildman–Crippen MR) is 206 cm³/mol. The first-order chi connectivity index (χ1) is 26.1. The zero-order chi connectivity index (χ0) is 38.2. The highest BCUT2D eigenvalue weighted by Gasteiger charge is 2.35. The maximum absolute atomic E-state index is 12.6. The highest BCUT2D eigenvalue weighted by atomic mass is 16.5. The monoisotopic (exact) mass is 735 g/mol. The maximum Gasteiger partial charge on any atom is 0.247 e. The molecule has 3 aromatic carbocycles. The van der Waals surface area contributed by atoms with E-state index in [1.807, 2.05) is 55.7 Å². The van der Waals surface area contributed by atoms with Gasteiger partial charge in [-0.25, -0.2) is 0 Å². The quantitative estimate of drug-likeness (QED) is 0.0810. The van der Waals surface area contributed by atoms with Crippen LogP contribution in [0, 0.1) is 11.8 Å². The van der Waals surface area contributed by atoms with Crippen LogP contribution >= 0.6 is 0 Å². The van der Waals surface area contributed by atoms with Gasteiger partial charge in [0, 0.05) is 37.2 Å². The van der Waals surface area contributed by atoms with Gasteiger partial charge in [-0.2, -0.15) is 0 Å². The number of fused-ring (bicyclic) bond motifs is 2. The first-order valence-electron chi connectivity index (χ1n) is 18.8. The Balaban J connectivity index is 1.16. The molecule has 2 bridgehead atoms. The SMILES string of the molecule is CCCC(O)CC(O)CC(=O)CCc1cc(OC2CC#CC(O)c3ccc(C(N)NCCc4ccccc4)cc3CC3=C4C[NH+]2C=C4N=C3)c(O)cc1O. The number of aliphatic hydroxyl groups is 3. The van der Waals surface area contributed by atoms with Gasteiger partial charge in [0.25, 0.3) is 0 Å². The fourth-order valence-electron chi connectivity index (χ4n) is 7.27. The summed E-state index contributed by atoms with van der Waals surface area (Å²) in [7, 11) is 0. The number of benzene rings is 3. The number of Topliss-reactive ketones (excluding diaryl/α,β-unsaturated/α-hetero) is 1. The molecular weight excluding hydrogens is 684 g/mol. The molecule has 284 valence electrons. The molecule has 6 unspecified atom stereocenters. The van der Waals surface area contributed by atoms with Crippen molar-refractivity contribution in [1.29, 1.82) is 0 Å². The molecule has 9 N–H and O–H groups in total. The second-order valence-corrected chi connectivity index (χ2v) is 14.4. The third-order valence-corrected chi connectivity index (χ3v) is 10.3. The van der Waals surface area contributed by atoms with Crippen LogP contribution in [-0.4, -0.2) is 69.1 Å². The first kappa shape index (κ1) is 38.9. The number of nitrogens with zero attached hydrogens (tertiary/aromatic N) is 1. The molecule has 6 rings (SSSR count). The standard InChI is InChI=1S/C43H50N4O7/c1-2-7-32(48)21-34(50)22-33(49)14-12-28-20-41(40(53)23-39(28)52)54-42-11-6-10-38(51)35-15-13-29(43(44)45-17-16-27-8-4-3-5-9-27)18-30(35)19-31-24-46-37-26-47(42)25-36(31)37/h3-5,8-9,13,15,18,20,23-24,26,32,34,38,42-43,45,48,50-53H,2,7,11-12,14,16-17,19,21-22,25,44H2,1H3/p+1. The number of phenolic OH excluding ortho intramolecular Hbond substituents is 2. The Labute approximate surface area is 316 Å². The van der Waals surface area contributed by atoms with Crippen LogP contribution < -0.4 is 20.7 Å². The number of quaternary nitrogens is 1. The summed E-state index contributed by atoms with van der Waals surface area (Å²) >= 11 is 0. The van der Waals surface area contributed by atoms with Crippen LogP contribution in [0.15, 0.2) is 88.7 Å². The number of allylic oxidation sites excluding steroid dienone is 1. The van der Waals surface area contributed by atoms with E-state index < -0.39 is 24.5 Å². The minimum absolute atomic E-state index is 0.0591. The Morgan fingerprint density at radius 3 is 2.69 bits per heavy atom. The molecule has 11 nitrogen and oxygen atoms in total. The topological polar surface area (TPSA) is 182 Å². The molecule has 11 heteroatoms. The Bertz CT molecular complexity index is 1970. The number of aliphatic imine (C=N–C) groups is 1. The minimum atomic E-state index is -1.06. The number of aliphatic hydroxyl groups excluding tert-OH is 3. The summed E-state index contributed by atoms with van der Waals surface area (Å²) in [5.74, 6) is 5.61. The molecule has 0 fully saturated rings. The van der Waals surface area contributed by atoms with Gasteiger partial charge in [-0.15, -0.1) is 0 Å². The number of nitrogens with two attached hydrogens (primary N) is 1. The van der Waals surface area contributed by atoms with Crippen LogP contribution in [-0.2, 0) is 24.1 Å². The Morgan fingerprint density at radius 1 is 1.07 bits per heavy atom. The zero-order valence-corrected chi connectivity index (χ0v) is 30.7. The van der Waals surface area contributed by atoms with Crippen molar-refractivity contribution in [3.05, 3.63) is 112 Å². The number of aromatic hydroxyl groups is 2. The lowest BCUT2D eigenvalue weighted by molar-refractivity contribution is -0.885. The molecule has 3 aliphatic rings. The number of carbonyl (C=O) groups is 1. The van der Waals surface area contributed by atoms with Crippen LogP contribution in [0.4, 0.5) is 0 Å². The number of hydrogen-bond donors (Lipinski definition) is 8. The number of hydrogen-bond acceptors (Lipinski definition) is 10. The van der Waals surface area contributed by atoms with Gasteiger partial charge in [0.1, 0.15) is 42.5 Å². The third kappa shape index (κ3) is 9.84. The van der Waals surface area contributed by atoms with Crippen molar-refractivity contribution in [3.8, 4) is 29.1 Å². The van der Waals surface area contributed by atoms with E-state index in [2.05, 4.69) is 29.3 Å². The predicted octanol–water partition coefficient (Wildman–Crippen LogP) is 3.20. The summed E-state index contributed by atoms with van der Waals surface area (Å²) < 4.78 is 6.39. The van der Waals surface area contributed by atoms with Gasteiger partial charge in [0.05, 0.1) is 18.4 Å². The van der Waals surface area contributed by atoms with E-state index in [0.717, 1.165) is 45.7 Å². The summed E-state index contributed by atoms with van der Waals surface area (Å²) in [6.45, 7) is 3.23. The second kappa shape index (κ2) is 18.0. The number of nitrogens with one attached hydrogen (secondary N) is 2. The Kier molecular flexibility index (Phi) is 13.0. The van der Waals surface area contributed by atoms with Crippen LogP contribution in [0.1, 0.15) is 85.5 Å². The van der Waals surface area contributed by atoms with Crippen molar-refractivity contribution in [2.45, 2.75) is 95.4 Å². The lowest BCUT2D eigenvalue weighted by Crippen LogP contribution is -3.11. The summed E-state index contributed by atoms with van der Waals surface area (Å²) in [5, 5.41) is 56.4. The summed E-state index contributed by atoms with van der Waals surface area (Å²) in [4.78, 5) is 18.3. The van der Waals surface area contributed by atoms with Gasteiger partial charge < -0.3 is 36.0 Å². The normalized spacial score (nSPS) is 20.5. The lowest BCUT2D eigenvalue weighted by Gasteiger charge is -2.24. The molecule has 0 spiro atoms. The molecule has 0 saturated carbocycles. The van der Waals surface area contributed by atoms with Crippen molar-refractivity contribution >= 4 is 12.0 Å². The van der Waals surface area contributed by atoms with Crippen LogP contribution in [0.25, 0.3) is 0 Å². The molecule has 0 saturated heterocycles. The molecule has 0 aliphatic carbocycles. The molecule has 0 radical (unpaired) electrons. The van der Waals surface area contributed by atoms with Gasteiger partial charge in [0.15, 0.2) is 11.5 Å². The van der Waals surface area contributed by atoms with Crippen LogP contribution in [0.3, 0.4) is 0 Å². The molecule has 0 aromatic heterocycles. The average Bonchev–Trinajstić information content (AvgIpc) is 3.73.